The van der Waals surface area contributed by atoms with E-state index in [1.54, 1.807) is 0 Å². The summed E-state index contributed by atoms with van der Waals surface area (Å²) in [4.78, 5) is 0. The number of thioether (sulfide) groups is 1. The Bertz CT molecular complexity index is 361. The predicted octanol–water partition coefficient (Wildman–Crippen LogP) is 3.34. The molecule has 0 aromatic heterocycles. The third kappa shape index (κ3) is 2.69. The van der Waals surface area contributed by atoms with E-state index in [-0.39, 0.29) is 0 Å². The van der Waals surface area contributed by atoms with Gasteiger partial charge in [0.25, 0.3) is 0 Å². The second-order valence-corrected chi connectivity index (χ2v) is 6.65. The molecule has 1 heterocycles. The molecule has 1 atom stereocenters. The largest absolute Gasteiger partial charge is 0.310 e. The average molecular weight is 247 g/mol. The molecule has 2 heteroatoms. The molecular formula is C15H21NS. The Morgan fingerprint density at radius 2 is 1.88 bits per heavy atom. The molecular weight excluding hydrogens is 226 g/mol. The summed E-state index contributed by atoms with van der Waals surface area (Å²) in [6.07, 6.45) is 4.05. The van der Waals surface area contributed by atoms with Crippen LogP contribution in [0.4, 0.5) is 0 Å². The van der Waals surface area contributed by atoms with E-state index in [0.717, 1.165) is 18.0 Å². The van der Waals surface area contributed by atoms with E-state index < -0.39 is 0 Å². The maximum Gasteiger partial charge on any atom is 0.0168 e. The van der Waals surface area contributed by atoms with Gasteiger partial charge in [0.15, 0.2) is 0 Å². The smallest absolute Gasteiger partial charge is 0.0168 e. The molecule has 0 bridgehead atoms. The second-order valence-electron chi connectivity index (χ2n) is 5.50. The Morgan fingerprint density at radius 3 is 2.53 bits per heavy atom. The molecule has 1 aliphatic heterocycles. The summed E-state index contributed by atoms with van der Waals surface area (Å²) in [6.45, 7) is 2.16. The van der Waals surface area contributed by atoms with Crippen LogP contribution in [0.3, 0.4) is 0 Å². The standard InChI is InChI=1S/C15H21NS/c1-11-2-4-12(5-3-11)13-8-15(9-13)16-14-6-7-17-10-14/h2-5,13-16H,6-10H2,1H3. The number of benzene rings is 1. The lowest BCUT2D eigenvalue weighted by molar-refractivity contribution is 0.271. The molecule has 0 radical (unpaired) electrons. The van der Waals surface area contributed by atoms with Crippen LogP contribution in [0.15, 0.2) is 24.3 Å². The van der Waals surface area contributed by atoms with Crippen LogP contribution in [0.25, 0.3) is 0 Å². The summed E-state index contributed by atoms with van der Waals surface area (Å²) >= 11 is 2.10. The van der Waals surface area contributed by atoms with E-state index in [1.165, 1.54) is 41.9 Å². The van der Waals surface area contributed by atoms with E-state index in [0.29, 0.717) is 0 Å². The fraction of sp³-hybridized carbons (Fsp3) is 0.600. The van der Waals surface area contributed by atoms with Crippen LogP contribution >= 0.6 is 11.8 Å². The van der Waals surface area contributed by atoms with Crippen molar-refractivity contribution in [3.8, 4) is 0 Å². The SMILES string of the molecule is Cc1ccc(C2CC(NC3CCSC3)C2)cc1. The number of nitrogens with one attached hydrogen (secondary N) is 1. The molecule has 0 spiro atoms. The zero-order chi connectivity index (χ0) is 11.7. The third-order valence-corrected chi connectivity index (χ3v) is 5.25. The molecule has 1 saturated carbocycles. The highest BCUT2D eigenvalue weighted by Gasteiger charge is 2.32. The maximum absolute atomic E-state index is 3.81. The Balaban J connectivity index is 1.49. The summed E-state index contributed by atoms with van der Waals surface area (Å²) < 4.78 is 0. The Hall–Kier alpha value is -0.470. The first-order valence-corrected chi connectivity index (χ1v) is 7.87. The first-order valence-electron chi connectivity index (χ1n) is 6.71. The molecule has 1 aromatic carbocycles. The van der Waals surface area contributed by atoms with Crippen LogP contribution in [0.5, 0.6) is 0 Å². The monoisotopic (exact) mass is 247 g/mol. The minimum absolute atomic E-state index is 0.782. The second kappa shape index (κ2) is 5.03. The zero-order valence-corrected chi connectivity index (χ0v) is 11.3. The third-order valence-electron chi connectivity index (χ3n) is 4.09. The van der Waals surface area contributed by atoms with Gasteiger partial charge in [0.1, 0.15) is 0 Å². The van der Waals surface area contributed by atoms with Crippen molar-refractivity contribution in [1.29, 1.82) is 0 Å². The fourth-order valence-corrected chi connectivity index (χ4v) is 4.03. The molecule has 1 nitrogen and oxygen atoms in total. The molecule has 1 saturated heterocycles. The fourth-order valence-electron chi connectivity index (χ4n) is 2.86. The lowest BCUT2D eigenvalue weighted by Gasteiger charge is -2.38. The Kier molecular flexibility index (Phi) is 3.44. The van der Waals surface area contributed by atoms with Crippen LogP contribution < -0.4 is 5.32 Å². The van der Waals surface area contributed by atoms with Gasteiger partial charge >= 0.3 is 0 Å². The van der Waals surface area contributed by atoms with Gasteiger partial charge in [-0.1, -0.05) is 29.8 Å². The average Bonchev–Trinajstić information content (AvgIpc) is 2.77. The Morgan fingerprint density at radius 1 is 1.12 bits per heavy atom. The van der Waals surface area contributed by atoms with E-state index in [4.69, 9.17) is 0 Å². The summed E-state index contributed by atoms with van der Waals surface area (Å²) in [5.74, 6) is 3.49. The van der Waals surface area contributed by atoms with E-state index in [1.807, 2.05) is 0 Å². The molecule has 1 unspecified atom stereocenters. The van der Waals surface area contributed by atoms with Crippen molar-refractivity contribution in [3.05, 3.63) is 35.4 Å². The first-order chi connectivity index (χ1) is 8.31. The van der Waals surface area contributed by atoms with Crippen molar-refractivity contribution in [2.24, 2.45) is 0 Å². The van der Waals surface area contributed by atoms with Crippen molar-refractivity contribution in [3.63, 3.8) is 0 Å². The number of hydrogen-bond acceptors (Lipinski definition) is 2. The minimum atomic E-state index is 0.782. The number of aryl methyl sites for hydroxylation is 1. The van der Waals surface area contributed by atoms with Gasteiger partial charge in [0.2, 0.25) is 0 Å². The van der Waals surface area contributed by atoms with Crippen LogP contribution in [0.2, 0.25) is 0 Å². The van der Waals surface area contributed by atoms with Crippen LogP contribution in [0, 0.1) is 6.92 Å². The molecule has 92 valence electrons. The summed E-state index contributed by atoms with van der Waals surface area (Å²) in [5.41, 5.74) is 2.90. The molecule has 2 aliphatic rings. The molecule has 1 N–H and O–H groups in total. The lowest BCUT2D eigenvalue weighted by atomic mass is 9.75. The van der Waals surface area contributed by atoms with Crippen LogP contribution in [-0.2, 0) is 0 Å². The predicted molar refractivity (Wildman–Crippen MR) is 75.8 cm³/mol. The van der Waals surface area contributed by atoms with E-state index >= 15 is 0 Å². The van der Waals surface area contributed by atoms with Gasteiger partial charge in [-0.3, -0.25) is 0 Å². The number of hydrogen-bond donors (Lipinski definition) is 1. The van der Waals surface area contributed by atoms with Crippen molar-refractivity contribution < 1.29 is 0 Å². The highest BCUT2D eigenvalue weighted by atomic mass is 32.2. The van der Waals surface area contributed by atoms with Crippen LogP contribution in [-0.4, -0.2) is 23.6 Å². The zero-order valence-electron chi connectivity index (χ0n) is 10.5. The minimum Gasteiger partial charge on any atom is -0.310 e. The summed E-state index contributed by atoms with van der Waals surface area (Å²) in [7, 11) is 0. The Labute approximate surface area is 108 Å². The van der Waals surface area contributed by atoms with Crippen LogP contribution in [0.1, 0.15) is 36.3 Å². The first kappa shape index (κ1) is 11.6. The van der Waals surface area contributed by atoms with E-state index in [9.17, 15) is 0 Å². The summed E-state index contributed by atoms with van der Waals surface area (Å²) in [5, 5.41) is 3.81. The topological polar surface area (TPSA) is 12.0 Å². The maximum atomic E-state index is 3.81. The summed E-state index contributed by atoms with van der Waals surface area (Å²) in [6, 6.07) is 10.7. The van der Waals surface area contributed by atoms with Gasteiger partial charge < -0.3 is 5.32 Å². The van der Waals surface area contributed by atoms with Crippen molar-refractivity contribution in [2.45, 2.75) is 44.2 Å². The van der Waals surface area contributed by atoms with Gasteiger partial charge in [-0.15, -0.1) is 0 Å². The molecule has 1 aliphatic carbocycles. The highest BCUT2D eigenvalue weighted by Crippen LogP contribution is 2.37. The lowest BCUT2D eigenvalue weighted by Crippen LogP contribution is -2.45. The molecule has 2 fully saturated rings. The quantitative estimate of drug-likeness (QED) is 0.879. The molecule has 17 heavy (non-hydrogen) atoms. The molecule has 3 rings (SSSR count). The van der Waals surface area contributed by atoms with Gasteiger partial charge in [-0.25, -0.2) is 0 Å². The molecule has 0 amide bonds. The highest BCUT2D eigenvalue weighted by molar-refractivity contribution is 7.99. The van der Waals surface area contributed by atoms with Gasteiger partial charge in [0.05, 0.1) is 0 Å². The van der Waals surface area contributed by atoms with Crippen molar-refractivity contribution in [2.75, 3.05) is 11.5 Å². The number of rotatable bonds is 3. The normalized spacial score (nSPS) is 32.4. The van der Waals surface area contributed by atoms with Gasteiger partial charge in [0, 0.05) is 17.8 Å². The van der Waals surface area contributed by atoms with Gasteiger partial charge in [-0.2, -0.15) is 11.8 Å². The van der Waals surface area contributed by atoms with Gasteiger partial charge in [-0.05, 0) is 43.4 Å². The van der Waals surface area contributed by atoms with Crippen molar-refractivity contribution >= 4 is 11.8 Å². The molecule has 1 aromatic rings. The van der Waals surface area contributed by atoms with E-state index in [2.05, 4.69) is 48.3 Å². The van der Waals surface area contributed by atoms with Crippen molar-refractivity contribution in [1.82, 2.24) is 5.32 Å².